The van der Waals surface area contributed by atoms with Gasteiger partial charge in [0.15, 0.2) is 5.82 Å². The number of nitrogens with zero attached hydrogens (tertiary/aromatic N) is 3. The summed E-state index contributed by atoms with van der Waals surface area (Å²) in [5.74, 6) is 2.84. The van der Waals surface area contributed by atoms with Gasteiger partial charge >= 0.3 is 6.09 Å². The Bertz CT molecular complexity index is 1650. The van der Waals surface area contributed by atoms with Crippen LogP contribution in [0.4, 0.5) is 4.79 Å². The van der Waals surface area contributed by atoms with Gasteiger partial charge in [-0.25, -0.2) is 4.79 Å². The second kappa shape index (κ2) is 13.0. The molecule has 0 unspecified atom stereocenters. The number of fused-ring (bicyclic) bond motifs is 1. The van der Waals surface area contributed by atoms with Crippen molar-refractivity contribution in [2.45, 2.75) is 58.2 Å². The van der Waals surface area contributed by atoms with Crippen LogP contribution in [0.2, 0.25) is 0 Å². The molecular weight excluding hydrogens is 542 g/mol. The van der Waals surface area contributed by atoms with E-state index in [4.69, 9.17) is 19.3 Å². The zero-order valence-corrected chi connectivity index (χ0v) is 25.4. The minimum absolute atomic E-state index is 0.459. The maximum atomic E-state index is 13.2. The third-order valence-corrected chi connectivity index (χ3v) is 7.19. The van der Waals surface area contributed by atoms with E-state index in [1.165, 1.54) is 5.56 Å². The van der Waals surface area contributed by atoms with E-state index in [-0.39, 0.29) is 0 Å². The molecule has 9 heteroatoms. The molecule has 0 saturated heterocycles. The lowest BCUT2D eigenvalue weighted by Crippen LogP contribution is -2.37. The van der Waals surface area contributed by atoms with Crippen LogP contribution >= 0.6 is 0 Å². The Morgan fingerprint density at radius 2 is 1.60 bits per heavy atom. The van der Waals surface area contributed by atoms with Crippen molar-refractivity contribution in [1.82, 2.24) is 25.1 Å². The zero-order chi connectivity index (χ0) is 30.4. The lowest BCUT2D eigenvalue weighted by molar-refractivity contribution is 0.0500. The molecule has 2 N–H and O–H groups in total. The second-order valence-electron chi connectivity index (χ2n) is 11.5. The minimum Gasteiger partial charge on any atom is -0.497 e. The molecular formula is C34H39N5O4. The van der Waals surface area contributed by atoms with Crippen molar-refractivity contribution in [3.8, 4) is 11.5 Å². The molecule has 1 amide bonds. The number of carbonyl (C=O) groups excluding carboxylic acids is 1. The standard InChI is InChI=1S/C34H39N5O4/c1-34(2,3)43-33(40)36-30(19-25-21-35-29-14-10-9-13-28(25)29)32-38-37-31(16-15-23-11-7-6-8-12-23)39(32)22-24-17-26(41-4)20-27(18-24)42-5/h6-14,17-18,20-21,30,35H,15-16,19,22H2,1-5H3,(H,36,40)/t30-/m1/s1. The van der Waals surface area contributed by atoms with Crippen molar-refractivity contribution in [2.75, 3.05) is 14.2 Å². The number of alkyl carbamates (subject to hydrolysis) is 1. The molecule has 3 aromatic carbocycles. The number of amides is 1. The number of hydrogen-bond acceptors (Lipinski definition) is 6. The van der Waals surface area contributed by atoms with Crippen molar-refractivity contribution in [3.63, 3.8) is 0 Å². The van der Waals surface area contributed by atoms with Crippen LogP contribution in [0.15, 0.2) is 79.0 Å². The molecule has 2 aromatic heterocycles. The van der Waals surface area contributed by atoms with Crippen LogP contribution in [0.3, 0.4) is 0 Å². The third kappa shape index (κ3) is 7.54. The van der Waals surface area contributed by atoms with E-state index in [2.05, 4.69) is 38.2 Å². The molecule has 0 fully saturated rings. The van der Waals surface area contributed by atoms with Crippen LogP contribution in [0.5, 0.6) is 11.5 Å². The maximum absolute atomic E-state index is 13.2. The normalized spacial score (nSPS) is 12.2. The summed E-state index contributed by atoms with van der Waals surface area (Å²) in [6.45, 7) is 6.01. The van der Waals surface area contributed by atoms with Gasteiger partial charge in [-0.3, -0.25) is 0 Å². The van der Waals surface area contributed by atoms with Crippen LogP contribution in [0.1, 0.15) is 55.2 Å². The Morgan fingerprint density at radius 1 is 0.907 bits per heavy atom. The summed E-state index contributed by atoms with van der Waals surface area (Å²) in [6.07, 6.45) is 3.43. The Balaban J connectivity index is 1.55. The Hall–Kier alpha value is -4.79. The Morgan fingerprint density at radius 3 is 2.30 bits per heavy atom. The molecule has 0 bridgehead atoms. The number of nitrogens with one attached hydrogen (secondary N) is 2. The minimum atomic E-state index is -0.652. The third-order valence-electron chi connectivity index (χ3n) is 7.19. The van der Waals surface area contributed by atoms with Crippen molar-refractivity contribution >= 4 is 17.0 Å². The quantitative estimate of drug-likeness (QED) is 0.187. The smallest absolute Gasteiger partial charge is 0.408 e. The predicted octanol–water partition coefficient (Wildman–Crippen LogP) is 6.42. The number of methoxy groups -OCH3 is 2. The van der Waals surface area contributed by atoms with Crippen molar-refractivity contribution < 1.29 is 19.0 Å². The molecule has 0 radical (unpaired) electrons. The molecule has 0 aliphatic heterocycles. The van der Waals surface area contributed by atoms with Gasteiger partial charge in [-0.1, -0.05) is 48.5 Å². The fraction of sp³-hybridized carbons (Fsp3) is 0.324. The number of benzene rings is 3. The number of aromatic nitrogens is 4. The number of aromatic amines is 1. The molecule has 5 rings (SSSR count). The second-order valence-corrected chi connectivity index (χ2v) is 11.5. The first kappa shape index (κ1) is 29.7. The van der Waals surface area contributed by atoms with Crippen LogP contribution < -0.4 is 14.8 Å². The van der Waals surface area contributed by atoms with Gasteiger partial charge in [0.2, 0.25) is 0 Å². The molecule has 0 spiro atoms. The fourth-order valence-electron chi connectivity index (χ4n) is 5.18. The van der Waals surface area contributed by atoms with Gasteiger partial charge in [0, 0.05) is 36.0 Å². The Kier molecular flexibility index (Phi) is 8.99. The Labute approximate surface area is 252 Å². The first-order chi connectivity index (χ1) is 20.7. The van der Waals surface area contributed by atoms with Gasteiger partial charge in [-0.2, -0.15) is 0 Å². The highest BCUT2D eigenvalue weighted by Crippen LogP contribution is 2.28. The van der Waals surface area contributed by atoms with E-state index in [1.54, 1.807) is 14.2 Å². The molecule has 1 atom stereocenters. The number of carbonyl (C=O) groups is 1. The molecule has 43 heavy (non-hydrogen) atoms. The summed E-state index contributed by atoms with van der Waals surface area (Å²) in [7, 11) is 3.27. The van der Waals surface area contributed by atoms with Gasteiger partial charge < -0.3 is 29.1 Å². The summed E-state index contributed by atoms with van der Waals surface area (Å²) in [5.41, 5.74) is 3.61. The number of para-hydroxylation sites is 1. The SMILES string of the molecule is COc1cc(Cn2c(CCc3ccccc3)nnc2[C@@H](Cc2c[nH]c3ccccc23)NC(=O)OC(C)(C)C)cc(OC)c1. The molecule has 0 saturated carbocycles. The number of rotatable bonds is 11. The van der Waals surface area contributed by atoms with Gasteiger partial charge in [0.05, 0.1) is 26.8 Å². The zero-order valence-electron chi connectivity index (χ0n) is 25.4. The highest BCUT2D eigenvalue weighted by atomic mass is 16.6. The van der Waals surface area contributed by atoms with E-state index in [1.807, 2.05) is 81.6 Å². The fourth-order valence-corrected chi connectivity index (χ4v) is 5.18. The first-order valence-corrected chi connectivity index (χ1v) is 14.4. The molecule has 0 aliphatic rings. The summed E-state index contributed by atoms with van der Waals surface area (Å²) in [4.78, 5) is 16.5. The molecule has 2 heterocycles. The highest BCUT2D eigenvalue weighted by molar-refractivity contribution is 5.83. The summed E-state index contributed by atoms with van der Waals surface area (Å²) >= 11 is 0. The van der Waals surface area contributed by atoms with E-state index in [0.29, 0.717) is 36.7 Å². The first-order valence-electron chi connectivity index (χ1n) is 14.4. The molecule has 5 aromatic rings. The maximum Gasteiger partial charge on any atom is 0.408 e. The highest BCUT2D eigenvalue weighted by Gasteiger charge is 2.27. The number of H-pyrrole nitrogens is 1. The average Bonchev–Trinajstić information content (AvgIpc) is 3.58. The molecule has 224 valence electrons. The summed E-state index contributed by atoms with van der Waals surface area (Å²) in [5, 5.41) is 13.5. The van der Waals surface area contributed by atoms with Crippen LogP contribution in [0.25, 0.3) is 10.9 Å². The monoisotopic (exact) mass is 581 g/mol. The van der Waals surface area contributed by atoms with Crippen molar-refractivity contribution in [3.05, 3.63) is 107 Å². The van der Waals surface area contributed by atoms with Crippen LogP contribution in [-0.2, 0) is 30.5 Å². The van der Waals surface area contributed by atoms with E-state index in [9.17, 15) is 4.79 Å². The van der Waals surface area contributed by atoms with Crippen molar-refractivity contribution in [1.29, 1.82) is 0 Å². The van der Waals surface area contributed by atoms with Gasteiger partial charge in [-0.05, 0) is 62.1 Å². The van der Waals surface area contributed by atoms with E-state index < -0.39 is 17.7 Å². The van der Waals surface area contributed by atoms with Gasteiger partial charge in [0.25, 0.3) is 0 Å². The summed E-state index contributed by atoms with van der Waals surface area (Å²) in [6, 6.07) is 23.7. The van der Waals surface area contributed by atoms with Crippen LogP contribution in [-0.4, -0.2) is 45.7 Å². The lowest BCUT2D eigenvalue weighted by atomic mass is 10.0. The number of aryl methyl sites for hydroxylation is 2. The number of hydrogen-bond donors (Lipinski definition) is 2. The van der Waals surface area contributed by atoms with Gasteiger partial charge in [-0.15, -0.1) is 10.2 Å². The van der Waals surface area contributed by atoms with E-state index in [0.717, 1.165) is 34.3 Å². The average molecular weight is 582 g/mol. The predicted molar refractivity (Wildman–Crippen MR) is 167 cm³/mol. The largest absolute Gasteiger partial charge is 0.497 e. The van der Waals surface area contributed by atoms with Crippen molar-refractivity contribution in [2.24, 2.45) is 0 Å². The topological polar surface area (TPSA) is 103 Å². The summed E-state index contributed by atoms with van der Waals surface area (Å²) < 4.78 is 18.9. The number of ether oxygens (including phenoxy) is 3. The molecule has 0 aliphatic carbocycles. The van der Waals surface area contributed by atoms with Crippen LogP contribution in [0, 0.1) is 0 Å². The molecule has 9 nitrogen and oxygen atoms in total. The van der Waals surface area contributed by atoms with E-state index >= 15 is 0 Å². The lowest BCUT2D eigenvalue weighted by Gasteiger charge is -2.24. The van der Waals surface area contributed by atoms with Gasteiger partial charge in [0.1, 0.15) is 22.9 Å².